The van der Waals surface area contributed by atoms with E-state index in [4.69, 9.17) is 9.97 Å². The number of benzene rings is 7. The molecule has 0 bridgehead atoms. The highest BCUT2D eigenvalue weighted by Crippen LogP contribution is 2.64. The minimum absolute atomic E-state index is 0.0990. The van der Waals surface area contributed by atoms with Gasteiger partial charge >= 0.3 is 0 Å². The van der Waals surface area contributed by atoms with Gasteiger partial charge in [-0.1, -0.05) is 185 Å². The number of fused-ring (bicyclic) bond motifs is 12. The molecular formula is C59H42N2. The van der Waals surface area contributed by atoms with E-state index in [0.29, 0.717) is 5.82 Å². The normalized spacial score (nSPS) is 16.0. The van der Waals surface area contributed by atoms with Crippen molar-refractivity contribution in [3.63, 3.8) is 0 Å². The van der Waals surface area contributed by atoms with Gasteiger partial charge in [0, 0.05) is 27.5 Å². The Bertz CT molecular complexity index is 3280. The predicted octanol–water partition coefficient (Wildman–Crippen LogP) is 14.0. The fourth-order valence-corrected chi connectivity index (χ4v) is 11.2. The highest BCUT2D eigenvalue weighted by atomic mass is 14.9. The smallest absolute Gasteiger partial charge is 0.161 e. The molecule has 0 amide bonds. The Kier molecular flexibility index (Phi) is 7.49. The SMILES string of the molecule is CC1(C)c2ccccc2-c2ccc(-c3ccc4c(c3)-c3c(-c5nc(C6=CC=C=C=C6)cc(-c6ccccc6)n5)cccc3C43c4ccccc4C(C)(C)c4ccccc43)cc21. The molecule has 288 valence electrons. The van der Waals surface area contributed by atoms with Crippen molar-refractivity contribution in [3.8, 4) is 56.0 Å². The number of nitrogens with zero attached hydrogens (tertiary/aromatic N) is 2. The topological polar surface area (TPSA) is 25.8 Å². The lowest BCUT2D eigenvalue weighted by Crippen LogP contribution is -2.40. The van der Waals surface area contributed by atoms with E-state index in [1.54, 1.807) is 0 Å². The Morgan fingerprint density at radius 1 is 0.393 bits per heavy atom. The minimum Gasteiger partial charge on any atom is -0.228 e. The van der Waals surface area contributed by atoms with E-state index >= 15 is 0 Å². The summed E-state index contributed by atoms with van der Waals surface area (Å²) in [6.07, 6.45) is 5.91. The van der Waals surface area contributed by atoms with Crippen LogP contribution in [0.2, 0.25) is 0 Å². The summed E-state index contributed by atoms with van der Waals surface area (Å²) in [6, 6.07) is 60.9. The fourth-order valence-electron chi connectivity index (χ4n) is 11.2. The largest absolute Gasteiger partial charge is 0.228 e. The fraction of sp³-hybridized carbons (Fsp3) is 0.119. The first-order valence-corrected chi connectivity index (χ1v) is 21.3. The van der Waals surface area contributed by atoms with Crippen LogP contribution in [-0.4, -0.2) is 9.97 Å². The van der Waals surface area contributed by atoms with Crippen LogP contribution in [0.15, 0.2) is 193 Å². The molecule has 0 saturated heterocycles. The molecule has 1 aromatic heterocycles. The summed E-state index contributed by atoms with van der Waals surface area (Å²) in [5.74, 6) is 0.698. The maximum absolute atomic E-state index is 5.42. The van der Waals surface area contributed by atoms with Gasteiger partial charge in [-0.05, 0) is 114 Å². The Balaban J connectivity index is 1.16. The van der Waals surface area contributed by atoms with Crippen molar-refractivity contribution >= 4 is 5.57 Å². The zero-order valence-electron chi connectivity index (χ0n) is 34.7. The average Bonchev–Trinajstić information content (AvgIpc) is 3.74. The molecule has 7 aromatic carbocycles. The van der Waals surface area contributed by atoms with Crippen molar-refractivity contribution in [2.75, 3.05) is 0 Å². The molecule has 0 saturated carbocycles. The third kappa shape index (κ3) is 4.92. The Hall–Kier alpha value is -7.34. The van der Waals surface area contributed by atoms with E-state index in [-0.39, 0.29) is 10.8 Å². The van der Waals surface area contributed by atoms with Gasteiger partial charge < -0.3 is 0 Å². The summed E-state index contributed by atoms with van der Waals surface area (Å²) in [4.78, 5) is 10.8. The lowest BCUT2D eigenvalue weighted by Gasteiger charge is -2.46. The summed E-state index contributed by atoms with van der Waals surface area (Å²) >= 11 is 0. The first-order valence-electron chi connectivity index (χ1n) is 21.3. The zero-order valence-corrected chi connectivity index (χ0v) is 34.7. The molecular weight excluding hydrogens is 737 g/mol. The van der Waals surface area contributed by atoms with Crippen LogP contribution in [0.3, 0.4) is 0 Å². The van der Waals surface area contributed by atoms with Crippen molar-refractivity contribution in [1.29, 1.82) is 0 Å². The standard InChI is InChI=1S/C59H42N2/c1-57(2)45-24-12-11-22-41(45)42-32-30-40(35-52(42)57)39-31-33-46-44(34-39)55-43(56-60-53(37-18-7-5-8-19-37)36-54(61-56)38-20-9-6-10-21-38)23-17-29-51(55)59(46)49-27-15-13-25-47(49)58(3,4)48-26-14-16-28-50(48)59/h5,7-9,11-36H,1-4H3. The highest BCUT2D eigenvalue weighted by molar-refractivity contribution is 5.97. The second kappa shape index (κ2) is 12.8. The van der Waals surface area contributed by atoms with Gasteiger partial charge in [0.25, 0.3) is 0 Å². The first-order chi connectivity index (χ1) is 29.8. The Labute approximate surface area is 357 Å². The maximum Gasteiger partial charge on any atom is 0.161 e. The van der Waals surface area contributed by atoms with Crippen LogP contribution in [0.25, 0.3) is 61.6 Å². The van der Waals surface area contributed by atoms with E-state index in [1.807, 2.05) is 12.2 Å². The van der Waals surface area contributed by atoms with Gasteiger partial charge in [-0.15, -0.1) is 0 Å². The van der Waals surface area contributed by atoms with Crippen LogP contribution in [0.5, 0.6) is 0 Å². The van der Waals surface area contributed by atoms with Gasteiger partial charge in [0.05, 0.1) is 16.8 Å². The molecule has 0 N–H and O–H groups in total. The van der Waals surface area contributed by atoms with Gasteiger partial charge in [0.1, 0.15) is 0 Å². The van der Waals surface area contributed by atoms with Crippen LogP contribution in [0.4, 0.5) is 0 Å². The number of hydrogen-bond acceptors (Lipinski definition) is 2. The molecule has 0 atom stereocenters. The Morgan fingerprint density at radius 3 is 1.72 bits per heavy atom. The molecule has 4 aliphatic carbocycles. The summed E-state index contributed by atoms with van der Waals surface area (Å²) in [5, 5.41) is 0. The van der Waals surface area contributed by atoms with Crippen LogP contribution < -0.4 is 0 Å². The maximum atomic E-state index is 5.42. The number of allylic oxidation sites excluding steroid dienone is 4. The number of aromatic nitrogens is 2. The van der Waals surface area contributed by atoms with E-state index < -0.39 is 5.41 Å². The van der Waals surface area contributed by atoms with Gasteiger partial charge in [-0.2, -0.15) is 0 Å². The van der Waals surface area contributed by atoms with Crippen LogP contribution in [0.1, 0.15) is 77.9 Å². The Morgan fingerprint density at radius 2 is 0.984 bits per heavy atom. The second-order valence-electron chi connectivity index (χ2n) is 17.9. The van der Waals surface area contributed by atoms with Crippen LogP contribution in [0, 0.1) is 0 Å². The molecule has 8 aromatic rings. The summed E-state index contributed by atoms with van der Waals surface area (Å²) < 4.78 is 0. The van der Waals surface area contributed by atoms with E-state index in [0.717, 1.165) is 28.1 Å². The molecule has 0 fully saturated rings. The summed E-state index contributed by atoms with van der Waals surface area (Å²) in [7, 11) is 0. The predicted molar refractivity (Wildman–Crippen MR) is 249 cm³/mol. The van der Waals surface area contributed by atoms with Gasteiger partial charge in [-0.25, -0.2) is 9.97 Å². The number of hydrogen-bond donors (Lipinski definition) is 0. The highest BCUT2D eigenvalue weighted by Gasteiger charge is 2.54. The third-order valence-corrected chi connectivity index (χ3v) is 14.1. The molecule has 0 aliphatic heterocycles. The molecule has 4 aliphatic rings. The van der Waals surface area contributed by atoms with Crippen molar-refractivity contribution < 1.29 is 0 Å². The second-order valence-corrected chi connectivity index (χ2v) is 17.9. The molecule has 61 heavy (non-hydrogen) atoms. The first kappa shape index (κ1) is 35.6. The van der Waals surface area contributed by atoms with Crippen molar-refractivity contribution in [3.05, 3.63) is 244 Å². The summed E-state index contributed by atoms with van der Waals surface area (Å²) in [6.45, 7) is 9.48. The zero-order chi connectivity index (χ0) is 41.1. The lowest BCUT2D eigenvalue weighted by atomic mass is 9.55. The van der Waals surface area contributed by atoms with E-state index in [1.165, 1.54) is 77.9 Å². The van der Waals surface area contributed by atoms with Crippen LogP contribution >= 0.6 is 0 Å². The summed E-state index contributed by atoms with van der Waals surface area (Å²) in [5.41, 5.74) is 28.3. The molecule has 2 heteroatoms. The molecule has 1 spiro atoms. The quantitative estimate of drug-likeness (QED) is 0.166. The third-order valence-electron chi connectivity index (χ3n) is 14.1. The molecule has 1 heterocycles. The number of rotatable bonds is 4. The monoisotopic (exact) mass is 778 g/mol. The van der Waals surface area contributed by atoms with E-state index in [9.17, 15) is 0 Å². The van der Waals surface area contributed by atoms with Gasteiger partial charge in [0.15, 0.2) is 5.82 Å². The minimum atomic E-state index is -0.562. The molecule has 2 nitrogen and oxygen atoms in total. The molecule has 12 rings (SSSR count). The van der Waals surface area contributed by atoms with Crippen molar-refractivity contribution in [1.82, 2.24) is 9.97 Å². The van der Waals surface area contributed by atoms with Crippen molar-refractivity contribution in [2.45, 2.75) is 43.9 Å². The van der Waals surface area contributed by atoms with E-state index in [2.05, 4.69) is 209 Å². The molecule has 0 radical (unpaired) electrons. The van der Waals surface area contributed by atoms with Gasteiger partial charge in [0.2, 0.25) is 0 Å². The lowest BCUT2D eigenvalue weighted by molar-refractivity contribution is 0.563. The average molecular weight is 779 g/mol. The van der Waals surface area contributed by atoms with Gasteiger partial charge in [-0.3, -0.25) is 0 Å². The van der Waals surface area contributed by atoms with Crippen molar-refractivity contribution in [2.24, 2.45) is 0 Å². The molecule has 0 unspecified atom stereocenters. The van der Waals surface area contributed by atoms with Crippen LogP contribution in [-0.2, 0) is 16.2 Å².